The van der Waals surface area contributed by atoms with Gasteiger partial charge in [-0.2, -0.15) is 0 Å². The fraction of sp³-hybridized carbons (Fsp3) is 0.500. The average Bonchev–Trinajstić information content (AvgIpc) is 1.65. The number of hydrazine groups is 1. The van der Waals surface area contributed by atoms with Crippen molar-refractivity contribution in [2.45, 2.75) is 0 Å². The van der Waals surface area contributed by atoms with Crippen molar-refractivity contribution in [2.75, 3.05) is 14.1 Å². The van der Waals surface area contributed by atoms with Crippen molar-refractivity contribution in [3.8, 4) is 0 Å². The minimum atomic E-state index is 0.551. The molecule has 0 unspecified atom stereocenters. The van der Waals surface area contributed by atoms with E-state index in [-0.39, 0.29) is 0 Å². The Hall–Kier alpha value is -0.900. The molecule has 0 fully saturated rings. The molecule has 0 aromatic heterocycles. The van der Waals surface area contributed by atoms with Crippen molar-refractivity contribution >= 4 is 0 Å². The van der Waals surface area contributed by atoms with Crippen molar-refractivity contribution in [1.29, 1.82) is 0 Å². The van der Waals surface area contributed by atoms with Gasteiger partial charge in [0.05, 0.1) is 6.20 Å². The highest BCUT2D eigenvalue weighted by Gasteiger charge is 1.81. The molecule has 0 atom stereocenters. The number of hydrogen-bond donors (Lipinski definition) is 3. The summed E-state index contributed by atoms with van der Waals surface area (Å²) in [5, 5.41) is 4.09. The molecule has 0 saturated heterocycles. The zero-order valence-electron chi connectivity index (χ0n) is 5.18. The Kier molecular flexibility index (Phi) is 2.79. The molecule has 0 rings (SSSR count). The second-order valence-electron chi connectivity index (χ2n) is 1.50. The lowest BCUT2D eigenvalue weighted by Gasteiger charge is -2.05. The molecule has 0 aliphatic rings. The molecule has 4 heteroatoms. The van der Waals surface area contributed by atoms with Crippen LogP contribution in [0.1, 0.15) is 0 Å². The molecule has 5 N–H and O–H groups in total. The van der Waals surface area contributed by atoms with E-state index in [9.17, 15) is 0 Å². The predicted molar refractivity (Wildman–Crippen MR) is 33.3 cm³/mol. The van der Waals surface area contributed by atoms with Crippen LogP contribution in [0.15, 0.2) is 12.0 Å². The molecule has 0 aliphatic carbocycles. The molecule has 0 spiro atoms. The molecule has 0 aromatic carbocycles. The molecule has 8 heavy (non-hydrogen) atoms. The summed E-state index contributed by atoms with van der Waals surface area (Å²) in [6.45, 7) is 0. The molecule has 0 aromatic rings. The van der Waals surface area contributed by atoms with E-state index in [1.54, 1.807) is 20.3 Å². The fourth-order valence-electron chi connectivity index (χ4n) is 0.284. The molecular formula is C4H12N4. The van der Waals surface area contributed by atoms with E-state index in [1.807, 2.05) is 0 Å². The van der Waals surface area contributed by atoms with Gasteiger partial charge in [-0.15, -0.1) is 0 Å². The van der Waals surface area contributed by atoms with Crippen molar-refractivity contribution in [1.82, 2.24) is 10.3 Å². The zero-order valence-corrected chi connectivity index (χ0v) is 5.18. The predicted octanol–water partition coefficient (Wildman–Crippen LogP) is -1.23. The van der Waals surface area contributed by atoms with E-state index < -0.39 is 0 Å². The first-order chi connectivity index (χ1) is 3.66. The summed E-state index contributed by atoms with van der Waals surface area (Å²) < 4.78 is 0. The van der Waals surface area contributed by atoms with Crippen LogP contribution < -0.4 is 16.9 Å². The van der Waals surface area contributed by atoms with E-state index in [4.69, 9.17) is 11.6 Å². The maximum Gasteiger partial charge on any atom is 0.114 e. The summed E-state index contributed by atoms with van der Waals surface area (Å²) in [4.78, 5) is 0. The third-order valence-corrected chi connectivity index (χ3v) is 0.631. The number of hydrogen-bond acceptors (Lipinski definition) is 4. The minimum Gasteiger partial charge on any atom is -0.384 e. The smallest absolute Gasteiger partial charge is 0.114 e. The lowest BCUT2D eigenvalue weighted by Crippen LogP contribution is -2.24. The lowest BCUT2D eigenvalue weighted by molar-refractivity contribution is 0.476. The van der Waals surface area contributed by atoms with Crippen LogP contribution in [-0.4, -0.2) is 19.1 Å². The van der Waals surface area contributed by atoms with Crippen molar-refractivity contribution in [2.24, 2.45) is 11.6 Å². The van der Waals surface area contributed by atoms with Gasteiger partial charge in [0, 0.05) is 14.1 Å². The Bertz CT molecular complexity index is 86.0. The van der Waals surface area contributed by atoms with Crippen LogP contribution in [0.5, 0.6) is 0 Å². The van der Waals surface area contributed by atoms with Gasteiger partial charge in [0.1, 0.15) is 5.82 Å². The SMILES string of the molecule is CN/C(N)=C/N(C)N. The van der Waals surface area contributed by atoms with Gasteiger partial charge in [-0.3, -0.25) is 0 Å². The first-order valence-corrected chi connectivity index (χ1v) is 2.29. The quantitative estimate of drug-likeness (QED) is 0.312. The number of nitrogens with two attached hydrogens (primary N) is 2. The van der Waals surface area contributed by atoms with Crippen LogP contribution in [0.4, 0.5) is 0 Å². The standard InChI is InChI=1S/C4H12N4/c1-7-4(5)3-8(2)6/h3,7H,5-6H2,1-2H3/b4-3+. The molecule has 0 bridgehead atoms. The van der Waals surface area contributed by atoms with Crippen molar-refractivity contribution in [3.05, 3.63) is 12.0 Å². The number of nitrogens with zero attached hydrogens (tertiary/aromatic N) is 1. The fourth-order valence-corrected chi connectivity index (χ4v) is 0.284. The van der Waals surface area contributed by atoms with Crippen LogP contribution in [0.2, 0.25) is 0 Å². The van der Waals surface area contributed by atoms with Crippen LogP contribution >= 0.6 is 0 Å². The summed E-state index contributed by atoms with van der Waals surface area (Å²) in [6.07, 6.45) is 1.58. The van der Waals surface area contributed by atoms with Gasteiger partial charge < -0.3 is 16.1 Å². The molecular weight excluding hydrogens is 104 g/mol. The lowest BCUT2D eigenvalue weighted by atomic mass is 10.7. The Balaban J connectivity index is 3.56. The van der Waals surface area contributed by atoms with Crippen LogP contribution in [0.25, 0.3) is 0 Å². The molecule has 0 aliphatic heterocycles. The van der Waals surface area contributed by atoms with Crippen molar-refractivity contribution < 1.29 is 0 Å². The number of nitrogens with one attached hydrogen (secondary N) is 1. The van der Waals surface area contributed by atoms with Gasteiger partial charge in [-0.05, 0) is 0 Å². The van der Waals surface area contributed by atoms with Gasteiger partial charge in [0.15, 0.2) is 0 Å². The summed E-state index contributed by atoms with van der Waals surface area (Å²) >= 11 is 0. The van der Waals surface area contributed by atoms with Gasteiger partial charge in [-0.25, -0.2) is 5.84 Å². The zero-order chi connectivity index (χ0) is 6.57. The highest BCUT2D eigenvalue weighted by atomic mass is 15.4. The summed E-state index contributed by atoms with van der Waals surface area (Å²) in [5.41, 5.74) is 5.30. The van der Waals surface area contributed by atoms with Crippen LogP contribution in [-0.2, 0) is 0 Å². The third kappa shape index (κ3) is 3.30. The van der Waals surface area contributed by atoms with E-state index >= 15 is 0 Å². The summed E-state index contributed by atoms with van der Waals surface area (Å²) in [7, 11) is 3.43. The normalized spacial score (nSPS) is 11.1. The Morgan fingerprint density at radius 2 is 2.25 bits per heavy atom. The molecule has 0 saturated carbocycles. The Labute approximate surface area is 49.1 Å². The molecule has 4 nitrogen and oxygen atoms in total. The van der Waals surface area contributed by atoms with E-state index in [2.05, 4.69) is 5.32 Å². The Morgan fingerprint density at radius 1 is 1.75 bits per heavy atom. The van der Waals surface area contributed by atoms with Gasteiger partial charge in [0.25, 0.3) is 0 Å². The first kappa shape index (κ1) is 7.10. The Morgan fingerprint density at radius 3 is 2.38 bits per heavy atom. The third-order valence-electron chi connectivity index (χ3n) is 0.631. The second kappa shape index (κ2) is 3.15. The molecule has 0 amide bonds. The minimum absolute atomic E-state index is 0.551. The average molecular weight is 116 g/mol. The van der Waals surface area contributed by atoms with Gasteiger partial charge in [-0.1, -0.05) is 0 Å². The highest BCUT2D eigenvalue weighted by molar-refractivity contribution is 4.89. The van der Waals surface area contributed by atoms with Crippen LogP contribution in [0, 0.1) is 0 Å². The van der Waals surface area contributed by atoms with Crippen LogP contribution in [0.3, 0.4) is 0 Å². The summed E-state index contributed by atoms with van der Waals surface area (Å²) in [6, 6.07) is 0. The first-order valence-electron chi connectivity index (χ1n) is 2.29. The molecule has 0 radical (unpaired) electrons. The van der Waals surface area contributed by atoms with Gasteiger partial charge in [0.2, 0.25) is 0 Å². The largest absolute Gasteiger partial charge is 0.384 e. The molecule has 0 heterocycles. The van der Waals surface area contributed by atoms with E-state index in [0.717, 1.165) is 0 Å². The second-order valence-corrected chi connectivity index (χ2v) is 1.50. The summed E-state index contributed by atoms with van der Waals surface area (Å²) in [5.74, 6) is 5.76. The monoisotopic (exact) mass is 116 g/mol. The topological polar surface area (TPSA) is 67.3 Å². The van der Waals surface area contributed by atoms with Crippen molar-refractivity contribution in [3.63, 3.8) is 0 Å². The maximum atomic E-state index is 5.30. The molecule has 48 valence electrons. The van der Waals surface area contributed by atoms with Gasteiger partial charge >= 0.3 is 0 Å². The highest BCUT2D eigenvalue weighted by Crippen LogP contribution is 1.73. The van der Waals surface area contributed by atoms with E-state index in [1.165, 1.54) is 5.01 Å². The maximum absolute atomic E-state index is 5.30. The van der Waals surface area contributed by atoms with E-state index in [0.29, 0.717) is 5.82 Å². The number of rotatable bonds is 2.